The van der Waals surface area contributed by atoms with E-state index >= 15 is 0 Å². The van der Waals surface area contributed by atoms with Gasteiger partial charge in [-0.1, -0.05) is 94.0 Å². The smallest absolute Gasteiger partial charge is 0.311 e. The zero-order chi connectivity index (χ0) is 27.2. The Kier molecular flexibility index (Phi) is 12.2. The molecule has 0 aliphatic rings. The van der Waals surface area contributed by atoms with Gasteiger partial charge in [0.25, 0.3) is 0 Å². The van der Waals surface area contributed by atoms with E-state index in [1.165, 1.54) is 49.7 Å². The Balaban J connectivity index is 1.48. The molecule has 0 amide bonds. The summed E-state index contributed by atoms with van der Waals surface area (Å²) in [6.45, 7) is 8.54. The van der Waals surface area contributed by atoms with Gasteiger partial charge < -0.3 is 4.74 Å². The first-order chi connectivity index (χ1) is 18.4. The van der Waals surface area contributed by atoms with Crippen LogP contribution in [0, 0.1) is 5.92 Å². The Morgan fingerprint density at radius 1 is 0.842 bits per heavy atom. The van der Waals surface area contributed by atoms with Gasteiger partial charge in [-0.25, -0.2) is 9.97 Å². The molecule has 0 saturated carbocycles. The van der Waals surface area contributed by atoms with Crippen LogP contribution in [-0.2, 0) is 11.2 Å². The molecule has 0 aliphatic carbocycles. The van der Waals surface area contributed by atoms with Crippen LogP contribution >= 0.6 is 0 Å². The van der Waals surface area contributed by atoms with Gasteiger partial charge in [0.2, 0.25) is 0 Å². The molecule has 3 rings (SSSR count). The van der Waals surface area contributed by atoms with Crippen LogP contribution < -0.4 is 4.74 Å². The molecule has 2 aromatic carbocycles. The minimum atomic E-state index is -0.187. The molecule has 0 N–H and O–H groups in total. The van der Waals surface area contributed by atoms with Gasteiger partial charge in [-0.15, -0.1) is 0 Å². The van der Waals surface area contributed by atoms with E-state index in [0.29, 0.717) is 18.1 Å². The van der Waals surface area contributed by atoms with E-state index in [9.17, 15) is 4.79 Å². The number of rotatable bonds is 15. The standard InChI is InChI=1S/C34H44N2O2/c1-5-6-7-8-9-10-14-28-15-17-30(18-16-28)34-35-24-31(25-36-34)29-19-21-32(22-20-29)38-33(37)23-27(4)13-11-12-26(2)3/h12,15-22,24-25,27H,5-11,13-14,23H2,1-4H3/t27-/m0/s1. The zero-order valence-electron chi connectivity index (χ0n) is 23.7. The normalized spacial score (nSPS) is 11.7. The first kappa shape index (κ1) is 29.3. The van der Waals surface area contributed by atoms with Crippen LogP contribution in [0.25, 0.3) is 22.5 Å². The molecule has 3 aromatic rings. The van der Waals surface area contributed by atoms with E-state index in [4.69, 9.17) is 4.74 Å². The predicted molar refractivity (Wildman–Crippen MR) is 158 cm³/mol. The second-order valence-electron chi connectivity index (χ2n) is 10.7. The van der Waals surface area contributed by atoms with Crippen molar-refractivity contribution < 1.29 is 9.53 Å². The third-order valence-electron chi connectivity index (χ3n) is 6.83. The minimum Gasteiger partial charge on any atom is -0.427 e. The molecule has 1 atom stereocenters. The number of esters is 1. The third kappa shape index (κ3) is 10.2. The lowest BCUT2D eigenvalue weighted by Gasteiger charge is -2.10. The van der Waals surface area contributed by atoms with E-state index in [1.807, 2.05) is 36.7 Å². The summed E-state index contributed by atoms with van der Waals surface area (Å²) in [5.74, 6) is 1.40. The first-order valence-electron chi connectivity index (χ1n) is 14.3. The van der Waals surface area contributed by atoms with Crippen molar-refractivity contribution >= 4 is 5.97 Å². The van der Waals surface area contributed by atoms with Crippen LogP contribution in [0.5, 0.6) is 5.75 Å². The first-order valence-corrected chi connectivity index (χ1v) is 14.3. The Morgan fingerprint density at radius 3 is 2.13 bits per heavy atom. The molecule has 0 aliphatic heterocycles. The minimum absolute atomic E-state index is 0.187. The fourth-order valence-electron chi connectivity index (χ4n) is 4.49. The summed E-state index contributed by atoms with van der Waals surface area (Å²) in [6.07, 6.45) is 17.4. The molecular formula is C34H44N2O2. The largest absolute Gasteiger partial charge is 0.427 e. The molecule has 0 fully saturated rings. The lowest BCUT2D eigenvalue weighted by molar-refractivity contribution is -0.135. The van der Waals surface area contributed by atoms with Gasteiger partial charge in [0.1, 0.15) is 5.75 Å². The molecule has 4 heteroatoms. The lowest BCUT2D eigenvalue weighted by atomic mass is 10.0. The molecule has 0 spiro atoms. The maximum atomic E-state index is 12.3. The summed E-state index contributed by atoms with van der Waals surface area (Å²) in [5, 5.41) is 0. The molecule has 0 radical (unpaired) electrons. The molecule has 1 heterocycles. The Morgan fingerprint density at radius 2 is 1.47 bits per heavy atom. The monoisotopic (exact) mass is 512 g/mol. The van der Waals surface area contributed by atoms with Gasteiger partial charge in [-0.2, -0.15) is 0 Å². The number of hydrogen-bond acceptors (Lipinski definition) is 4. The van der Waals surface area contributed by atoms with Gasteiger partial charge in [-0.3, -0.25) is 4.79 Å². The van der Waals surface area contributed by atoms with Crippen LogP contribution in [0.4, 0.5) is 0 Å². The Hall–Kier alpha value is -3.27. The number of unbranched alkanes of at least 4 members (excludes halogenated alkanes) is 5. The molecular weight excluding hydrogens is 468 g/mol. The summed E-state index contributed by atoms with van der Waals surface area (Å²) in [7, 11) is 0. The van der Waals surface area contributed by atoms with Crippen molar-refractivity contribution in [2.24, 2.45) is 5.92 Å². The Bertz CT molecular complexity index is 1130. The molecule has 0 bridgehead atoms. The van der Waals surface area contributed by atoms with E-state index in [-0.39, 0.29) is 5.97 Å². The SMILES string of the molecule is CCCCCCCCc1ccc(-c2ncc(-c3ccc(OC(=O)C[C@@H](C)CCC=C(C)C)cc3)cn2)cc1. The van der Waals surface area contributed by atoms with Crippen LogP contribution in [-0.4, -0.2) is 15.9 Å². The van der Waals surface area contributed by atoms with Crippen molar-refractivity contribution in [3.8, 4) is 28.3 Å². The van der Waals surface area contributed by atoms with Gasteiger partial charge >= 0.3 is 5.97 Å². The summed E-state index contributed by atoms with van der Waals surface area (Å²) in [4.78, 5) is 21.5. The third-order valence-corrected chi connectivity index (χ3v) is 6.83. The lowest BCUT2D eigenvalue weighted by Crippen LogP contribution is -2.12. The predicted octanol–water partition coefficient (Wildman–Crippen LogP) is 9.39. The van der Waals surface area contributed by atoms with Crippen LogP contribution in [0.3, 0.4) is 0 Å². The van der Waals surface area contributed by atoms with Crippen molar-refractivity contribution in [1.82, 2.24) is 9.97 Å². The maximum Gasteiger partial charge on any atom is 0.311 e. The summed E-state index contributed by atoms with van der Waals surface area (Å²) < 4.78 is 5.55. The highest BCUT2D eigenvalue weighted by molar-refractivity contribution is 5.73. The molecule has 4 nitrogen and oxygen atoms in total. The average molecular weight is 513 g/mol. The van der Waals surface area contributed by atoms with Crippen LogP contribution in [0.2, 0.25) is 0 Å². The van der Waals surface area contributed by atoms with Gasteiger partial charge in [0, 0.05) is 29.9 Å². The highest BCUT2D eigenvalue weighted by Crippen LogP contribution is 2.24. The number of carbonyl (C=O) groups is 1. The van der Waals surface area contributed by atoms with E-state index in [2.05, 4.69) is 68.0 Å². The number of aromatic nitrogens is 2. The molecule has 1 aromatic heterocycles. The molecule has 0 saturated heterocycles. The van der Waals surface area contributed by atoms with E-state index < -0.39 is 0 Å². The fraction of sp³-hybridized carbons (Fsp3) is 0.441. The summed E-state index contributed by atoms with van der Waals surface area (Å²) >= 11 is 0. The number of nitrogens with zero attached hydrogens (tertiary/aromatic N) is 2. The second-order valence-corrected chi connectivity index (χ2v) is 10.7. The van der Waals surface area contributed by atoms with Crippen molar-refractivity contribution in [3.63, 3.8) is 0 Å². The Labute approximate surface area is 229 Å². The molecule has 0 unspecified atom stereocenters. The van der Waals surface area contributed by atoms with Crippen LogP contribution in [0.15, 0.2) is 72.6 Å². The number of hydrogen-bond donors (Lipinski definition) is 0. The van der Waals surface area contributed by atoms with Crippen molar-refractivity contribution in [2.75, 3.05) is 0 Å². The van der Waals surface area contributed by atoms with Crippen molar-refractivity contribution in [1.29, 1.82) is 0 Å². The molecule has 38 heavy (non-hydrogen) atoms. The fourth-order valence-corrected chi connectivity index (χ4v) is 4.49. The van der Waals surface area contributed by atoms with Gasteiger partial charge in [0.15, 0.2) is 5.82 Å². The number of carbonyl (C=O) groups excluding carboxylic acids is 1. The second kappa shape index (κ2) is 15.9. The number of aryl methyl sites for hydroxylation is 1. The maximum absolute atomic E-state index is 12.3. The average Bonchev–Trinajstić information content (AvgIpc) is 2.91. The highest BCUT2D eigenvalue weighted by atomic mass is 16.5. The topological polar surface area (TPSA) is 52.1 Å². The molecule has 202 valence electrons. The number of allylic oxidation sites excluding steroid dienone is 2. The van der Waals surface area contributed by atoms with Crippen molar-refractivity contribution in [2.45, 2.75) is 91.9 Å². The summed E-state index contributed by atoms with van der Waals surface area (Å²) in [6, 6.07) is 16.2. The quantitative estimate of drug-likeness (QED) is 0.0880. The summed E-state index contributed by atoms with van der Waals surface area (Å²) in [5.41, 5.74) is 5.63. The van der Waals surface area contributed by atoms with Gasteiger partial charge in [0.05, 0.1) is 0 Å². The highest BCUT2D eigenvalue weighted by Gasteiger charge is 2.11. The number of benzene rings is 2. The van der Waals surface area contributed by atoms with Crippen molar-refractivity contribution in [3.05, 3.63) is 78.1 Å². The zero-order valence-corrected chi connectivity index (χ0v) is 23.7. The van der Waals surface area contributed by atoms with E-state index in [0.717, 1.165) is 41.8 Å². The number of ether oxygens (including phenoxy) is 1. The van der Waals surface area contributed by atoms with Gasteiger partial charge in [-0.05, 0) is 68.7 Å². The van der Waals surface area contributed by atoms with Crippen LogP contribution in [0.1, 0.15) is 91.0 Å². The van der Waals surface area contributed by atoms with E-state index in [1.54, 1.807) is 0 Å².